The maximum absolute atomic E-state index is 14.0. The number of amides is 1. The standard InChI is InChI=1S/C14H8F2N4O4/c15-6-4-10(7(16)3-8(6)19-14(22)23)24-9-1-2-17-13-12(9)18-5-11(21)20-13/h1-5,19H,(H,22,23)(H,17,20,21). The predicted molar refractivity (Wildman–Crippen MR) is 78.2 cm³/mol. The number of aromatic nitrogens is 3. The van der Waals surface area contributed by atoms with E-state index in [0.29, 0.717) is 12.1 Å². The number of carboxylic acid groups (broad SMARTS) is 1. The van der Waals surface area contributed by atoms with Crippen LogP contribution >= 0.6 is 0 Å². The molecule has 10 heteroatoms. The van der Waals surface area contributed by atoms with Crippen LogP contribution in [0.4, 0.5) is 19.3 Å². The normalized spacial score (nSPS) is 10.6. The van der Waals surface area contributed by atoms with E-state index in [-0.39, 0.29) is 16.9 Å². The van der Waals surface area contributed by atoms with Gasteiger partial charge in [-0.2, -0.15) is 0 Å². The van der Waals surface area contributed by atoms with Gasteiger partial charge in [0.15, 0.2) is 28.8 Å². The Labute approximate surface area is 131 Å². The van der Waals surface area contributed by atoms with Gasteiger partial charge in [-0.15, -0.1) is 0 Å². The van der Waals surface area contributed by atoms with Gasteiger partial charge >= 0.3 is 6.09 Å². The molecule has 3 N–H and O–H groups in total. The van der Waals surface area contributed by atoms with E-state index in [1.807, 2.05) is 0 Å². The average molecular weight is 334 g/mol. The van der Waals surface area contributed by atoms with Crippen molar-refractivity contribution < 1.29 is 23.4 Å². The Morgan fingerprint density at radius 2 is 2.00 bits per heavy atom. The summed E-state index contributed by atoms with van der Waals surface area (Å²) in [5, 5.41) is 10.3. The number of H-pyrrole nitrogens is 1. The molecule has 8 nitrogen and oxygen atoms in total. The molecule has 0 aliphatic heterocycles. The van der Waals surface area contributed by atoms with E-state index >= 15 is 0 Å². The Kier molecular flexibility index (Phi) is 3.78. The van der Waals surface area contributed by atoms with Crippen LogP contribution in [0.2, 0.25) is 0 Å². The monoisotopic (exact) mass is 334 g/mol. The van der Waals surface area contributed by atoms with E-state index < -0.39 is 34.7 Å². The first-order chi connectivity index (χ1) is 11.4. The molecule has 24 heavy (non-hydrogen) atoms. The van der Waals surface area contributed by atoms with E-state index in [9.17, 15) is 18.4 Å². The summed E-state index contributed by atoms with van der Waals surface area (Å²) in [6.45, 7) is 0. The molecule has 0 bridgehead atoms. The Balaban J connectivity index is 2.01. The third-order valence-electron chi connectivity index (χ3n) is 2.92. The molecule has 0 saturated heterocycles. The van der Waals surface area contributed by atoms with E-state index in [1.54, 1.807) is 5.32 Å². The fourth-order valence-electron chi connectivity index (χ4n) is 1.94. The third kappa shape index (κ3) is 2.97. The first-order valence-electron chi connectivity index (χ1n) is 6.45. The molecule has 3 rings (SSSR count). The van der Waals surface area contributed by atoms with Gasteiger partial charge in [0.25, 0.3) is 5.56 Å². The number of anilines is 1. The van der Waals surface area contributed by atoms with Gasteiger partial charge in [-0.3, -0.25) is 10.1 Å². The smallest absolute Gasteiger partial charge is 0.409 e. The fraction of sp³-hybridized carbons (Fsp3) is 0. The molecule has 2 aromatic heterocycles. The Bertz CT molecular complexity index is 1010. The second-order valence-corrected chi connectivity index (χ2v) is 4.55. The SMILES string of the molecule is O=C(O)Nc1cc(F)c(Oc2ccnc3[nH]c(=O)cnc23)cc1F. The van der Waals surface area contributed by atoms with Crippen LogP contribution in [0.25, 0.3) is 11.2 Å². The first-order valence-corrected chi connectivity index (χ1v) is 6.45. The van der Waals surface area contributed by atoms with Gasteiger partial charge in [0.1, 0.15) is 5.52 Å². The van der Waals surface area contributed by atoms with E-state index in [1.165, 1.54) is 12.3 Å². The highest BCUT2D eigenvalue weighted by Gasteiger charge is 2.15. The maximum Gasteiger partial charge on any atom is 0.409 e. The van der Waals surface area contributed by atoms with Crippen LogP contribution in [-0.2, 0) is 0 Å². The number of halogens is 2. The quantitative estimate of drug-likeness (QED) is 0.677. The van der Waals surface area contributed by atoms with Crippen LogP contribution in [-0.4, -0.2) is 26.2 Å². The largest absolute Gasteiger partial charge is 0.465 e. The third-order valence-corrected chi connectivity index (χ3v) is 2.92. The van der Waals surface area contributed by atoms with Gasteiger partial charge in [-0.25, -0.2) is 23.5 Å². The van der Waals surface area contributed by atoms with Gasteiger partial charge in [-0.05, 0) is 0 Å². The second kappa shape index (κ2) is 5.91. The lowest BCUT2D eigenvalue weighted by molar-refractivity contribution is 0.209. The molecule has 0 atom stereocenters. The Morgan fingerprint density at radius 3 is 2.75 bits per heavy atom. The molecule has 1 aromatic carbocycles. The summed E-state index contributed by atoms with van der Waals surface area (Å²) in [6.07, 6.45) is 0.757. The number of fused-ring (bicyclic) bond motifs is 1. The van der Waals surface area contributed by atoms with Crippen LogP contribution in [0.5, 0.6) is 11.5 Å². The first kappa shape index (κ1) is 15.3. The summed E-state index contributed by atoms with van der Waals surface area (Å²) in [5.74, 6) is -2.46. The average Bonchev–Trinajstić information content (AvgIpc) is 2.51. The van der Waals surface area contributed by atoms with Crippen molar-refractivity contribution in [1.82, 2.24) is 15.0 Å². The number of pyridine rings is 1. The zero-order chi connectivity index (χ0) is 17.3. The molecule has 0 aliphatic carbocycles. The molecule has 0 fully saturated rings. The highest BCUT2D eigenvalue weighted by Crippen LogP contribution is 2.31. The van der Waals surface area contributed by atoms with Crippen molar-refractivity contribution in [2.45, 2.75) is 0 Å². The van der Waals surface area contributed by atoms with Gasteiger partial charge in [-0.1, -0.05) is 0 Å². The molecule has 122 valence electrons. The number of hydrogen-bond acceptors (Lipinski definition) is 5. The van der Waals surface area contributed by atoms with Gasteiger partial charge in [0.2, 0.25) is 0 Å². The Hall–Kier alpha value is -3.56. The summed E-state index contributed by atoms with van der Waals surface area (Å²) < 4.78 is 33.1. The molecule has 3 aromatic rings. The van der Waals surface area contributed by atoms with Crippen LogP contribution in [0, 0.1) is 11.6 Å². The molecule has 0 spiro atoms. The molecule has 1 amide bonds. The van der Waals surface area contributed by atoms with Crippen molar-refractivity contribution in [1.29, 1.82) is 0 Å². The number of hydrogen-bond donors (Lipinski definition) is 3. The summed E-state index contributed by atoms with van der Waals surface area (Å²) in [4.78, 5) is 31.9. The van der Waals surface area contributed by atoms with Crippen molar-refractivity contribution in [3.8, 4) is 11.5 Å². The summed E-state index contributed by atoms with van der Waals surface area (Å²) in [7, 11) is 0. The number of benzene rings is 1. The molecular formula is C14H8F2N4O4. The number of ether oxygens (including phenoxy) is 1. The minimum Gasteiger partial charge on any atom is -0.465 e. The second-order valence-electron chi connectivity index (χ2n) is 4.55. The number of aromatic amines is 1. The van der Waals surface area contributed by atoms with E-state index in [2.05, 4.69) is 15.0 Å². The van der Waals surface area contributed by atoms with Crippen molar-refractivity contribution in [2.24, 2.45) is 0 Å². The van der Waals surface area contributed by atoms with Crippen LogP contribution < -0.4 is 15.6 Å². The number of nitrogens with zero attached hydrogens (tertiary/aromatic N) is 2. The van der Waals surface area contributed by atoms with E-state index in [4.69, 9.17) is 9.84 Å². The highest BCUT2D eigenvalue weighted by molar-refractivity contribution is 5.83. The lowest BCUT2D eigenvalue weighted by Crippen LogP contribution is -2.09. The summed E-state index contributed by atoms with van der Waals surface area (Å²) in [6, 6.07) is 2.70. The van der Waals surface area contributed by atoms with Gasteiger partial charge < -0.3 is 14.8 Å². The number of rotatable bonds is 3. The molecule has 0 saturated carbocycles. The zero-order valence-corrected chi connectivity index (χ0v) is 11.7. The maximum atomic E-state index is 14.0. The molecule has 0 radical (unpaired) electrons. The van der Waals surface area contributed by atoms with Crippen molar-refractivity contribution in [3.05, 3.63) is 52.6 Å². The summed E-state index contributed by atoms with van der Waals surface area (Å²) in [5.41, 5.74) is -0.766. The van der Waals surface area contributed by atoms with Gasteiger partial charge in [0.05, 0.1) is 11.9 Å². The van der Waals surface area contributed by atoms with Crippen LogP contribution in [0.3, 0.4) is 0 Å². The van der Waals surface area contributed by atoms with Crippen molar-refractivity contribution in [3.63, 3.8) is 0 Å². The van der Waals surface area contributed by atoms with Crippen molar-refractivity contribution >= 4 is 22.9 Å². The summed E-state index contributed by atoms with van der Waals surface area (Å²) >= 11 is 0. The molecule has 0 aliphatic rings. The van der Waals surface area contributed by atoms with Gasteiger partial charge in [0, 0.05) is 24.4 Å². The molecule has 2 heterocycles. The minimum absolute atomic E-state index is 0.0356. The number of nitrogens with one attached hydrogen (secondary N) is 2. The lowest BCUT2D eigenvalue weighted by Gasteiger charge is -2.10. The fourth-order valence-corrected chi connectivity index (χ4v) is 1.94. The molecular weight excluding hydrogens is 326 g/mol. The highest BCUT2D eigenvalue weighted by atomic mass is 19.1. The van der Waals surface area contributed by atoms with Crippen molar-refractivity contribution in [2.75, 3.05) is 5.32 Å². The van der Waals surface area contributed by atoms with Crippen LogP contribution in [0.15, 0.2) is 35.4 Å². The lowest BCUT2D eigenvalue weighted by atomic mass is 10.2. The predicted octanol–water partition coefficient (Wildman–Crippen LogP) is 2.48. The number of carbonyl (C=O) groups is 1. The molecule has 0 unspecified atom stereocenters. The zero-order valence-electron chi connectivity index (χ0n) is 11.7. The van der Waals surface area contributed by atoms with E-state index in [0.717, 1.165) is 6.20 Å². The topological polar surface area (TPSA) is 117 Å². The van der Waals surface area contributed by atoms with Crippen LogP contribution in [0.1, 0.15) is 0 Å². The minimum atomic E-state index is -1.53. The Morgan fingerprint density at radius 1 is 1.21 bits per heavy atom.